The van der Waals surface area contributed by atoms with Crippen LogP contribution in [-0.4, -0.2) is 22.9 Å². The minimum absolute atomic E-state index is 0.530. The van der Waals surface area contributed by atoms with Crippen LogP contribution in [0.1, 0.15) is 25.3 Å². The molecule has 13 heavy (non-hydrogen) atoms. The molecule has 2 rings (SSSR count). The van der Waals surface area contributed by atoms with Crippen molar-refractivity contribution in [2.75, 3.05) is 13.1 Å². The number of hydrogen-bond acceptors (Lipinski definition) is 2. The smallest absolute Gasteiger partial charge is 0.0785 e. The molecular formula is C9H14ClN3. The monoisotopic (exact) mass is 199 g/mol. The molecule has 4 heteroatoms. The van der Waals surface area contributed by atoms with Gasteiger partial charge >= 0.3 is 0 Å². The quantitative estimate of drug-likeness (QED) is 0.748. The van der Waals surface area contributed by atoms with Crippen LogP contribution >= 0.6 is 11.6 Å². The van der Waals surface area contributed by atoms with Crippen molar-refractivity contribution in [3.05, 3.63) is 17.4 Å². The molecule has 1 aromatic heterocycles. The molecule has 0 bridgehead atoms. The maximum absolute atomic E-state index is 5.82. The van der Waals surface area contributed by atoms with Crippen molar-refractivity contribution in [2.45, 2.75) is 25.3 Å². The molecule has 2 heterocycles. The lowest BCUT2D eigenvalue weighted by Crippen LogP contribution is -2.15. The van der Waals surface area contributed by atoms with Crippen molar-refractivity contribution in [2.24, 2.45) is 0 Å². The van der Waals surface area contributed by atoms with Crippen molar-refractivity contribution in [3.63, 3.8) is 0 Å². The number of aromatic nitrogens is 2. The van der Waals surface area contributed by atoms with Crippen molar-refractivity contribution in [1.82, 2.24) is 15.1 Å². The molecular weight excluding hydrogens is 186 g/mol. The molecule has 0 radical (unpaired) electrons. The van der Waals surface area contributed by atoms with Crippen molar-refractivity contribution in [3.8, 4) is 0 Å². The number of hydrogen-bond donors (Lipinski definition) is 1. The Morgan fingerprint density at radius 2 is 2.38 bits per heavy atom. The Balaban J connectivity index is 2.06. The van der Waals surface area contributed by atoms with Crippen LogP contribution < -0.4 is 5.32 Å². The summed E-state index contributed by atoms with van der Waals surface area (Å²) in [5, 5.41) is 8.35. The average molecular weight is 200 g/mol. The standard InChI is InChI=1S/C9H14ClN3/c10-8-6-12-13(7-8)9-2-1-4-11-5-3-9/h6-7,9,11H,1-5H2. The van der Waals surface area contributed by atoms with Crippen LogP contribution in [0.4, 0.5) is 0 Å². The summed E-state index contributed by atoms with van der Waals surface area (Å²) in [6.07, 6.45) is 7.20. The zero-order valence-electron chi connectivity index (χ0n) is 7.54. The van der Waals surface area contributed by atoms with Crippen LogP contribution in [0.5, 0.6) is 0 Å². The molecule has 0 aliphatic carbocycles. The lowest BCUT2D eigenvalue weighted by atomic mass is 10.1. The van der Waals surface area contributed by atoms with Crippen LogP contribution in [0, 0.1) is 0 Å². The molecule has 1 aliphatic rings. The average Bonchev–Trinajstić information content (AvgIpc) is 2.43. The van der Waals surface area contributed by atoms with Gasteiger partial charge in [0.25, 0.3) is 0 Å². The highest BCUT2D eigenvalue weighted by Crippen LogP contribution is 2.20. The fourth-order valence-corrected chi connectivity index (χ4v) is 1.92. The normalized spacial score (nSPS) is 24.2. The Kier molecular flexibility index (Phi) is 2.86. The first-order valence-corrected chi connectivity index (χ1v) is 5.14. The van der Waals surface area contributed by atoms with Crippen LogP contribution in [0.25, 0.3) is 0 Å². The number of halogens is 1. The predicted molar refractivity (Wildman–Crippen MR) is 53.0 cm³/mol. The fourth-order valence-electron chi connectivity index (χ4n) is 1.78. The molecule has 0 saturated carbocycles. The zero-order chi connectivity index (χ0) is 9.10. The van der Waals surface area contributed by atoms with E-state index in [2.05, 4.69) is 10.4 Å². The maximum Gasteiger partial charge on any atom is 0.0785 e. The van der Waals surface area contributed by atoms with E-state index in [0.29, 0.717) is 6.04 Å². The number of nitrogens with zero attached hydrogens (tertiary/aromatic N) is 2. The minimum Gasteiger partial charge on any atom is -0.317 e. The van der Waals surface area contributed by atoms with Gasteiger partial charge in [-0.25, -0.2) is 0 Å². The molecule has 72 valence electrons. The first kappa shape index (κ1) is 9.03. The molecule has 1 aliphatic heterocycles. The van der Waals surface area contributed by atoms with Gasteiger partial charge in [-0.15, -0.1) is 0 Å². The van der Waals surface area contributed by atoms with E-state index in [-0.39, 0.29) is 0 Å². The van der Waals surface area contributed by atoms with Gasteiger partial charge < -0.3 is 5.32 Å². The van der Waals surface area contributed by atoms with Crippen molar-refractivity contribution in [1.29, 1.82) is 0 Å². The maximum atomic E-state index is 5.82. The highest BCUT2D eigenvalue weighted by atomic mass is 35.5. The summed E-state index contributed by atoms with van der Waals surface area (Å²) in [6, 6.07) is 0.530. The van der Waals surface area contributed by atoms with E-state index in [0.717, 1.165) is 24.5 Å². The summed E-state index contributed by atoms with van der Waals surface area (Å²) in [6.45, 7) is 2.22. The van der Waals surface area contributed by atoms with E-state index >= 15 is 0 Å². The van der Waals surface area contributed by atoms with E-state index in [1.807, 2.05) is 10.9 Å². The van der Waals surface area contributed by atoms with Crippen LogP contribution in [0.3, 0.4) is 0 Å². The van der Waals surface area contributed by atoms with Gasteiger partial charge in [-0.05, 0) is 32.4 Å². The third-order valence-electron chi connectivity index (χ3n) is 2.49. The largest absolute Gasteiger partial charge is 0.317 e. The Hall–Kier alpha value is -0.540. The lowest BCUT2D eigenvalue weighted by molar-refractivity contribution is 0.414. The third-order valence-corrected chi connectivity index (χ3v) is 2.68. The lowest BCUT2D eigenvalue weighted by Gasteiger charge is -2.13. The van der Waals surface area contributed by atoms with E-state index in [4.69, 9.17) is 11.6 Å². The van der Waals surface area contributed by atoms with Gasteiger partial charge in [-0.2, -0.15) is 5.10 Å². The van der Waals surface area contributed by atoms with E-state index < -0.39 is 0 Å². The SMILES string of the molecule is Clc1cnn(C2CCCNCC2)c1. The van der Waals surface area contributed by atoms with E-state index in [9.17, 15) is 0 Å². The van der Waals surface area contributed by atoms with Gasteiger partial charge in [0.2, 0.25) is 0 Å². The molecule has 3 nitrogen and oxygen atoms in total. The van der Waals surface area contributed by atoms with Gasteiger partial charge in [-0.3, -0.25) is 4.68 Å². The first-order valence-electron chi connectivity index (χ1n) is 4.76. The molecule has 0 amide bonds. The molecule has 0 spiro atoms. The summed E-state index contributed by atoms with van der Waals surface area (Å²) in [5.74, 6) is 0. The molecule has 1 saturated heterocycles. The molecule has 1 N–H and O–H groups in total. The Bertz CT molecular complexity index is 264. The second kappa shape index (κ2) is 4.11. The number of rotatable bonds is 1. The van der Waals surface area contributed by atoms with Crippen LogP contribution in [-0.2, 0) is 0 Å². The summed E-state index contributed by atoms with van der Waals surface area (Å²) < 4.78 is 2.00. The predicted octanol–water partition coefficient (Wildman–Crippen LogP) is 1.85. The molecule has 1 atom stereocenters. The summed E-state index contributed by atoms with van der Waals surface area (Å²) in [7, 11) is 0. The zero-order valence-corrected chi connectivity index (χ0v) is 8.30. The van der Waals surface area contributed by atoms with Gasteiger partial charge in [0.15, 0.2) is 0 Å². The highest BCUT2D eigenvalue weighted by Gasteiger charge is 2.13. The van der Waals surface area contributed by atoms with Crippen LogP contribution in [0.2, 0.25) is 5.02 Å². The van der Waals surface area contributed by atoms with E-state index in [1.54, 1.807) is 6.20 Å². The first-order chi connectivity index (χ1) is 6.36. The third kappa shape index (κ3) is 2.23. The van der Waals surface area contributed by atoms with Gasteiger partial charge in [0.05, 0.1) is 17.3 Å². The molecule has 1 unspecified atom stereocenters. The van der Waals surface area contributed by atoms with Crippen molar-refractivity contribution < 1.29 is 0 Å². The topological polar surface area (TPSA) is 29.9 Å². The molecule has 1 fully saturated rings. The van der Waals surface area contributed by atoms with Crippen LogP contribution in [0.15, 0.2) is 12.4 Å². The van der Waals surface area contributed by atoms with Gasteiger partial charge in [0, 0.05) is 6.20 Å². The van der Waals surface area contributed by atoms with Gasteiger partial charge in [0.1, 0.15) is 0 Å². The number of nitrogens with one attached hydrogen (secondary N) is 1. The summed E-state index contributed by atoms with van der Waals surface area (Å²) >= 11 is 5.82. The van der Waals surface area contributed by atoms with E-state index in [1.165, 1.54) is 12.8 Å². The minimum atomic E-state index is 0.530. The fraction of sp³-hybridized carbons (Fsp3) is 0.667. The van der Waals surface area contributed by atoms with Gasteiger partial charge in [-0.1, -0.05) is 11.6 Å². The molecule has 1 aromatic rings. The highest BCUT2D eigenvalue weighted by molar-refractivity contribution is 6.30. The van der Waals surface area contributed by atoms with Crippen molar-refractivity contribution >= 4 is 11.6 Å². The Morgan fingerprint density at radius 3 is 3.15 bits per heavy atom. The molecule has 0 aromatic carbocycles. The second-order valence-electron chi connectivity index (χ2n) is 3.47. The Morgan fingerprint density at radius 1 is 1.46 bits per heavy atom. The second-order valence-corrected chi connectivity index (χ2v) is 3.91. The summed E-state index contributed by atoms with van der Waals surface area (Å²) in [5.41, 5.74) is 0. The summed E-state index contributed by atoms with van der Waals surface area (Å²) in [4.78, 5) is 0. The Labute approximate surface area is 83.1 Å².